The summed E-state index contributed by atoms with van der Waals surface area (Å²) in [5.41, 5.74) is 0.722. The Morgan fingerprint density at radius 1 is 1.00 bits per heavy atom. The third-order valence-electron chi connectivity index (χ3n) is 4.31. The van der Waals surface area contributed by atoms with E-state index in [1.54, 1.807) is 24.3 Å². The molecule has 2 heterocycles. The highest BCUT2D eigenvalue weighted by Crippen LogP contribution is 2.33. The largest absolute Gasteiger partial charge is 0.486 e. The molecule has 0 aromatic heterocycles. The van der Waals surface area contributed by atoms with Crippen LogP contribution in [0.15, 0.2) is 47.4 Å². The molecule has 2 aromatic rings. The minimum atomic E-state index is -3.87. The van der Waals surface area contributed by atoms with Gasteiger partial charge >= 0.3 is 0 Å². The highest BCUT2D eigenvalue weighted by atomic mass is 32.2. The molecule has 1 fully saturated rings. The smallest absolute Gasteiger partial charge is 0.262 e. The van der Waals surface area contributed by atoms with E-state index < -0.39 is 20.0 Å². The summed E-state index contributed by atoms with van der Waals surface area (Å²) >= 11 is 0. The fraction of sp³-hybridized carbons (Fsp3) is 0.294. The Balaban J connectivity index is 1.61. The summed E-state index contributed by atoms with van der Waals surface area (Å²) in [4.78, 5) is 0.0333. The second-order valence-corrected chi connectivity index (χ2v) is 9.90. The van der Waals surface area contributed by atoms with Gasteiger partial charge in [-0.3, -0.25) is 9.03 Å². The monoisotopic (exact) mass is 410 g/mol. The number of fused-ring (bicyclic) bond motifs is 1. The van der Waals surface area contributed by atoms with Crippen molar-refractivity contribution in [2.45, 2.75) is 11.3 Å². The van der Waals surface area contributed by atoms with Crippen molar-refractivity contribution < 1.29 is 26.3 Å². The van der Waals surface area contributed by atoms with Crippen LogP contribution >= 0.6 is 0 Å². The highest BCUT2D eigenvalue weighted by molar-refractivity contribution is 7.93. The third-order valence-corrected chi connectivity index (χ3v) is 7.56. The lowest BCUT2D eigenvalue weighted by Gasteiger charge is -2.19. The molecule has 144 valence electrons. The molecule has 1 saturated heterocycles. The Kier molecular flexibility index (Phi) is 4.39. The van der Waals surface area contributed by atoms with E-state index in [1.165, 1.54) is 22.5 Å². The van der Waals surface area contributed by atoms with Gasteiger partial charge in [0.15, 0.2) is 11.5 Å². The SMILES string of the molecule is O=S(=O)(Nc1cccc(N2CCCS2(=O)=O)c1)c1ccc2c(c1)OCCO2. The zero-order valence-electron chi connectivity index (χ0n) is 14.3. The molecule has 10 heteroatoms. The standard InChI is InChI=1S/C17H18N2O6S2/c20-26(21)10-2-7-19(26)14-4-1-3-13(11-14)18-27(22,23)15-5-6-16-17(12-15)25-9-8-24-16/h1,3-6,11-12,18H,2,7-10H2. The van der Waals surface area contributed by atoms with E-state index in [2.05, 4.69) is 4.72 Å². The molecule has 0 saturated carbocycles. The highest BCUT2D eigenvalue weighted by Gasteiger charge is 2.28. The number of hydrogen-bond donors (Lipinski definition) is 1. The van der Waals surface area contributed by atoms with Gasteiger partial charge in [-0.2, -0.15) is 0 Å². The molecule has 0 aliphatic carbocycles. The van der Waals surface area contributed by atoms with Gasteiger partial charge in [-0.15, -0.1) is 0 Å². The predicted octanol–water partition coefficient (Wildman–Crippen LogP) is 1.80. The van der Waals surface area contributed by atoms with Crippen molar-refractivity contribution in [2.24, 2.45) is 0 Å². The average Bonchev–Trinajstić information content (AvgIpc) is 3.00. The minimum absolute atomic E-state index is 0.0333. The van der Waals surface area contributed by atoms with Gasteiger partial charge in [-0.25, -0.2) is 16.8 Å². The van der Waals surface area contributed by atoms with Crippen molar-refractivity contribution in [2.75, 3.05) is 34.5 Å². The number of rotatable bonds is 4. The van der Waals surface area contributed by atoms with E-state index in [1.807, 2.05) is 0 Å². The molecule has 0 spiro atoms. The molecule has 0 atom stereocenters. The van der Waals surface area contributed by atoms with Crippen LogP contribution in [0.1, 0.15) is 6.42 Å². The summed E-state index contributed by atoms with van der Waals surface area (Å²) in [6, 6.07) is 10.7. The van der Waals surface area contributed by atoms with Gasteiger partial charge in [0.25, 0.3) is 10.0 Å². The van der Waals surface area contributed by atoms with Crippen molar-refractivity contribution in [3.63, 3.8) is 0 Å². The van der Waals surface area contributed by atoms with E-state index in [-0.39, 0.29) is 16.3 Å². The average molecular weight is 410 g/mol. The van der Waals surface area contributed by atoms with Crippen LogP contribution in [0, 0.1) is 0 Å². The first-order valence-corrected chi connectivity index (χ1v) is 11.5. The van der Waals surface area contributed by atoms with E-state index in [0.717, 1.165) is 0 Å². The number of sulfonamides is 2. The zero-order chi connectivity index (χ0) is 19.1. The summed E-state index contributed by atoms with van der Waals surface area (Å²) < 4.78 is 64.2. The van der Waals surface area contributed by atoms with Crippen LogP contribution in [0.3, 0.4) is 0 Å². The molecular weight excluding hydrogens is 392 g/mol. The normalized spacial score (nSPS) is 18.3. The quantitative estimate of drug-likeness (QED) is 0.825. The van der Waals surface area contributed by atoms with Crippen molar-refractivity contribution in [1.29, 1.82) is 0 Å². The predicted molar refractivity (Wildman–Crippen MR) is 100 cm³/mol. The third kappa shape index (κ3) is 3.54. The summed E-state index contributed by atoms with van der Waals surface area (Å²) in [6.07, 6.45) is 0.551. The number of nitrogens with one attached hydrogen (secondary N) is 1. The molecule has 4 rings (SSSR count). The van der Waals surface area contributed by atoms with Gasteiger partial charge in [-0.05, 0) is 36.8 Å². The lowest BCUT2D eigenvalue weighted by atomic mass is 10.3. The fourth-order valence-corrected chi connectivity index (χ4v) is 5.68. The van der Waals surface area contributed by atoms with Gasteiger partial charge in [0.05, 0.1) is 22.0 Å². The lowest BCUT2D eigenvalue weighted by molar-refractivity contribution is 0.171. The first kappa shape index (κ1) is 17.9. The maximum absolute atomic E-state index is 12.7. The van der Waals surface area contributed by atoms with Crippen LogP contribution in [-0.2, 0) is 20.0 Å². The van der Waals surface area contributed by atoms with Gasteiger partial charge in [-0.1, -0.05) is 6.07 Å². The maximum Gasteiger partial charge on any atom is 0.262 e. The molecule has 0 radical (unpaired) electrons. The maximum atomic E-state index is 12.7. The van der Waals surface area contributed by atoms with Gasteiger partial charge in [0.1, 0.15) is 13.2 Å². The molecule has 1 N–H and O–H groups in total. The van der Waals surface area contributed by atoms with Crippen molar-refractivity contribution in [3.05, 3.63) is 42.5 Å². The van der Waals surface area contributed by atoms with E-state index in [0.29, 0.717) is 43.4 Å². The Morgan fingerprint density at radius 2 is 1.78 bits per heavy atom. The van der Waals surface area contributed by atoms with Crippen molar-refractivity contribution >= 4 is 31.4 Å². The molecule has 2 aromatic carbocycles. The molecule has 0 bridgehead atoms. The Labute approximate surface area is 157 Å². The topological polar surface area (TPSA) is 102 Å². The number of ether oxygens (including phenoxy) is 2. The first-order valence-electron chi connectivity index (χ1n) is 8.38. The van der Waals surface area contributed by atoms with E-state index in [9.17, 15) is 16.8 Å². The van der Waals surface area contributed by atoms with Crippen LogP contribution in [0.25, 0.3) is 0 Å². The molecule has 2 aliphatic heterocycles. The summed E-state index contributed by atoms with van der Waals surface area (Å²) in [5, 5.41) is 0. The lowest BCUT2D eigenvalue weighted by Crippen LogP contribution is -2.25. The van der Waals surface area contributed by atoms with Crippen LogP contribution < -0.4 is 18.5 Å². The molecular formula is C17H18N2O6S2. The van der Waals surface area contributed by atoms with Gasteiger partial charge in [0.2, 0.25) is 10.0 Å². The van der Waals surface area contributed by atoms with Crippen LogP contribution in [-0.4, -0.2) is 42.3 Å². The van der Waals surface area contributed by atoms with E-state index in [4.69, 9.17) is 9.47 Å². The Hall–Kier alpha value is -2.46. The number of anilines is 2. The number of hydrogen-bond acceptors (Lipinski definition) is 6. The number of benzene rings is 2. The summed E-state index contributed by atoms with van der Waals surface area (Å²) in [7, 11) is -7.21. The van der Waals surface area contributed by atoms with Crippen LogP contribution in [0.2, 0.25) is 0 Å². The van der Waals surface area contributed by atoms with Crippen LogP contribution in [0.5, 0.6) is 11.5 Å². The zero-order valence-corrected chi connectivity index (χ0v) is 15.9. The molecule has 27 heavy (non-hydrogen) atoms. The summed E-state index contributed by atoms with van der Waals surface area (Å²) in [6.45, 7) is 1.17. The minimum Gasteiger partial charge on any atom is -0.486 e. The molecule has 0 amide bonds. The molecule has 0 unspecified atom stereocenters. The number of nitrogens with zero attached hydrogens (tertiary/aromatic N) is 1. The first-order chi connectivity index (χ1) is 12.9. The Bertz CT molecular complexity index is 1080. The van der Waals surface area contributed by atoms with Crippen molar-refractivity contribution in [3.8, 4) is 11.5 Å². The van der Waals surface area contributed by atoms with Gasteiger partial charge < -0.3 is 9.47 Å². The second-order valence-electron chi connectivity index (χ2n) is 6.20. The second kappa shape index (κ2) is 6.61. The molecule has 2 aliphatic rings. The summed E-state index contributed by atoms with van der Waals surface area (Å²) in [5.74, 6) is 0.975. The van der Waals surface area contributed by atoms with E-state index >= 15 is 0 Å². The molecule has 8 nitrogen and oxygen atoms in total. The van der Waals surface area contributed by atoms with Gasteiger partial charge in [0, 0.05) is 12.6 Å². The fourth-order valence-electron chi connectivity index (χ4n) is 3.06. The van der Waals surface area contributed by atoms with Crippen LogP contribution in [0.4, 0.5) is 11.4 Å². The Morgan fingerprint density at radius 3 is 2.52 bits per heavy atom. The van der Waals surface area contributed by atoms with Crippen molar-refractivity contribution in [1.82, 2.24) is 0 Å².